The Bertz CT molecular complexity index is 892. The van der Waals surface area contributed by atoms with Crippen LogP contribution < -0.4 is 10.6 Å². The van der Waals surface area contributed by atoms with Gasteiger partial charge in [0.2, 0.25) is 11.8 Å². The number of rotatable bonds is 6. The van der Waals surface area contributed by atoms with Crippen molar-refractivity contribution in [2.75, 3.05) is 20.1 Å². The maximum atomic E-state index is 12.7. The second kappa shape index (κ2) is 7.89. The molecule has 2 fully saturated rings. The Labute approximate surface area is 177 Å². The number of nitrogens with one attached hydrogen (secondary N) is 2. The van der Waals surface area contributed by atoms with E-state index in [1.807, 2.05) is 0 Å². The SMILES string of the molecule is CN=C(NCCCN1C(=O)C2C3C=CC(C3)C2C1=O)NCc1ccc2c(c1)CCC2. The Balaban J connectivity index is 1.07. The number of allylic oxidation sites excluding steroid dienone is 2. The Morgan fingerprint density at radius 3 is 2.53 bits per heavy atom. The number of fused-ring (bicyclic) bond motifs is 6. The molecule has 1 heterocycles. The van der Waals surface area contributed by atoms with E-state index in [0.29, 0.717) is 13.1 Å². The molecule has 30 heavy (non-hydrogen) atoms. The molecule has 4 aliphatic rings. The second-order valence-corrected chi connectivity index (χ2v) is 8.99. The van der Waals surface area contributed by atoms with Gasteiger partial charge in [-0.3, -0.25) is 19.5 Å². The van der Waals surface area contributed by atoms with Crippen LogP contribution >= 0.6 is 0 Å². The van der Waals surface area contributed by atoms with Crippen molar-refractivity contribution in [3.05, 3.63) is 47.0 Å². The van der Waals surface area contributed by atoms with E-state index < -0.39 is 0 Å². The lowest BCUT2D eigenvalue weighted by molar-refractivity contribution is -0.140. The molecule has 5 rings (SSSR count). The van der Waals surface area contributed by atoms with Crippen molar-refractivity contribution >= 4 is 17.8 Å². The highest BCUT2D eigenvalue weighted by atomic mass is 16.2. The maximum Gasteiger partial charge on any atom is 0.233 e. The topological polar surface area (TPSA) is 73.8 Å². The molecule has 4 atom stereocenters. The molecule has 1 saturated heterocycles. The van der Waals surface area contributed by atoms with Crippen molar-refractivity contribution in [2.45, 2.75) is 38.6 Å². The van der Waals surface area contributed by atoms with Gasteiger partial charge in [-0.2, -0.15) is 0 Å². The highest BCUT2D eigenvalue weighted by Gasteiger charge is 2.58. The van der Waals surface area contributed by atoms with Gasteiger partial charge in [-0.25, -0.2) is 0 Å². The summed E-state index contributed by atoms with van der Waals surface area (Å²) in [6.07, 6.45) is 9.62. The van der Waals surface area contributed by atoms with E-state index in [1.54, 1.807) is 7.05 Å². The van der Waals surface area contributed by atoms with E-state index in [9.17, 15) is 9.59 Å². The van der Waals surface area contributed by atoms with Crippen molar-refractivity contribution in [2.24, 2.45) is 28.7 Å². The van der Waals surface area contributed by atoms with Gasteiger partial charge in [-0.05, 0) is 60.6 Å². The molecule has 158 valence electrons. The van der Waals surface area contributed by atoms with E-state index in [-0.39, 0.29) is 35.5 Å². The van der Waals surface area contributed by atoms with Gasteiger partial charge in [0, 0.05) is 26.7 Å². The van der Waals surface area contributed by atoms with Crippen LogP contribution in [0.5, 0.6) is 0 Å². The molecule has 1 aliphatic heterocycles. The molecule has 0 radical (unpaired) electrons. The van der Waals surface area contributed by atoms with Crippen molar-refractivity contribution in [3.8, 4) is 0 Å². The summed E-state index contributed by atoms with van der Waals surface area (Å²) in [4.78, 5) is 31.2. The van der Waals surface area contributed by atoms with Crippen LogP contribution in [0, 0.1) is 23.7 Å². The van der Waals surface area contributed by atoms with Gasteiger partial charge in [0.1, 0.15) is 0 Å². The largest absolute Gasteiger partial charge is 0.356 e. The number of amides is 2. The molecule has 1 saturated carbocycles. The molecule has 2 amide bonds. The molecule has 1 aromatic carbocycles. The van der Waals surface area contributed by atoms with Crippen molar-refractivity contribution in [1.29, 1.82) is 0 Å². The third kappa shape index (κ3) is 3.32. The number of likely N-dealkylation sites (tertiary alicyclic amines) is 1. The van der Waals surface area contributed by atoms with Gasteiger partial charge in [0.25, 0.3) is 0 Å². The van der Waals surface area contributed by atoms with E-state index in [1.165, 1.54) is 40.9 Å². The van der Waals surface area contributed by atoms with Crippen LogP contribution in [0.25, 0.3) is 0 Å². The zero-order valence-corrected chi connectivity index (χ0v) is 17.6. The van der Waals surface area contributed by atoms with Crippen LogP contribution in [-0.4, -0.2) is 42.8 Å². The number of nitrogens with zero attached hydrogens (tertiary/aromatic N) is 2. The minimum atomic E-state index is -0.0952. The van der Waals surface area contributed by atoms with Crippen molar-refractivity contribution in [3.63, 3.8) is 0 Å². The lowest BCUT2D eigenvalue weighted by Gasteiger charge is -2.18. The van der Waals surface area contributed by atoms with Crippen LogP contribution in [0.2, 0.25) is 0 Å². The van der Waals surface area contributed by atoms with Gasteiger partial charge in [0.15, 0.2) is 5.96 Å². The molecular weight excluding hydrogens is 376 g/mol. The molecule has 2 N–H and O–H groups in total. The average Bonchev–Trinajstić information content (AvgIpc) is 3.53. The Morgan fingerprint density at radius 1 is 1.07 bits per heavy atom. The fourth-order valence-electron chi connectivity index (χ4n) is 5.77. The van der Waals surface area contributed by atoms with E-state index in [4.69, 9.17) is 0 Å². The number of aryl methyl sites for hydroxylation is 2. The third-order valence-corrected chi connectivity index (χ3v) is 7.26. The van der Waals surface area contributed by atoms with Crippen LogP contribution in [0.1, 0.15) is 36.0 Å². The molecular formula is C24H30N4O2. The zero-order chi connectivity index (χ0) is 20.7. The maximum absolute atomic E-state index is 12.7. The third-order valence-electron chi connectivity index (χ3n) is 7.26. The predicted octanol–water partition coefficient (Wildman–Crippen LogP) is 2.04. The summed E-state index contributed by atoms with van der Waals surface area (Å²) in [7, 11) is 1.76. The predicted molar refractivity (Wildman–Crippen MR) is 116 cm³/mol. The molecule has 0 spiro atoms. The Kier molecular flexibility index (Phi) is 5.09. The number of imide groups is 1. The normalized spacial score (nSPS) is 29.0. The number of hydrogen-bond donors (Lipinski definition) is 2. The number of benzene rings is 1. The average molecular weight is 407 g/mol. The Hall–Kier alpha value is -2.63. The van der Waals surface area contributed by atoms with E-state index >= 15 is 0 Å². The number of carbonyl (C=O) groups excluding carboxylic acids is 2. The highest BCUT2D eigenvalue weighted by Crippen LogP contribution is 2.52. The van der Waals surface area contributed by atoms with Crippen LogP contribution in [0.4, 0.5) is 0 Å². The summed E-state index contributed by atoms with van der Waals surface area (Å²) in [5.41, 5.74) is 4.23. The summed E-state index contributed by atoms with van der Waals surface area (Å²) in [6, 6.07) is 6.73. The van der Waals surface area contributed by atoms with Gasteiger partial charge in [-0.15, -0.1) is 0 Å². The molecule has 6 heteroatoms. The van der Waals surface area contributed by atoms with Crippen LogP contribution in [-0.2, 0) is 29.0 Å². The summed E-state index contributed by atoms with van der Waals surface area (Å²) >= 11 is 0. The minimum absolute atomic E-state index is 0.0426. The summed E-state index contributed by atoms with van der Waals surface area (Å²) in [6.45, 7) is 1.88. The number of hydrogen-bond acceptors (Lipinski definition) is 3. The van der Waals surface area contributed by atoms with Crippen LogP contribution in [0.15, 0.2) is 35.3 Å². The molecule has 3 aliphatic carbocycles. The monoisotopic (exact) mass is 406 g/mol. The summed E-state index contributed by atoms with van der Waals surface area (Å²) in [5, 5.41) is 6.66. The lowest BCUT2D eigenvalue weighted by Crippen LogP contribution is -2.39. The molecule has 0 aromatic heterocycles. The standard InChI is InChI=1S/C24H30N4O2/c1-25-24(27-14-15-6-7-16-4-2-5-17(16)12-15)26-10-3-11-28-22(29)20-18-8-9-19(13-18)21(20)23(28)30/h6-9,12,18-21H,2-5,10-11,13-14H2,1H3,(H2,25,26,27). The molecule has 1 aromatic rings. The summed E-state index contributed by atoms with van der Waals surface area (Å²) < 4.78 is 0. The number of guanidine groups is 1. The first-order valence-electron chi connectivity index (χ1n) is 11.2. The molecule has 6 nitrogen and oxygen atoms in total. The molecule has 4 unspecified atom stereocenters. The van der Waals surface area contributed by atoms with Gasteiger partial charge < -0.3 is 10.6 Å². The van der Waals surface area contributed by atoms with Crippen molar-refractivity contribution < 1.29 is 9.59 Å². The lowest BCUT2D eigenvalue weighted by atomic mass is 9.85. The number of carbonyl (C=O) groups is 2. The van der Waals surface area contributed by atoms with E-state index in [0.717, 1.165) is 25.3 Å². The first-order valence-corrected chi connectivity index (χ1v) is 11.2. The van der Waals surface area contributed by atoms with Gasteiger partial charge >= 0.3 is 0 Å². The molecule has 2 bridgehead atoms. The minimum Gasteiger partial charge on any atom is -0.356 e. The van der Waals surface area contributed by atoms with Crippen LogP contribution in [0.3, 0.4) is 0 Å². The quantitative estimate of drug-likeness (QED) is 0.249. The first kappa shape index (κ1) is 19.3. The van der Waals surface area contributed by atoms with Gasteiger partial charge in [-0.1, -0.05) is 30.4 Å². The first-order chi connectivity index (χ1) is 14.7. The zero-order valence-electron chi connectivity index (χ0n) is 17.6. The fraction of sp³-hybridized carbons (Fsp3) is 0.542. The highest BCUT2D eigenvalue weighted by molar-refractivity contribution is 6.06. The number of aliphatic imine (C=N–C) groups is 1. The van der Waals surface area contributed by atoms with E-state index in [2.05, 4.69) is 46.0 Å². The fourth-order valence-corrected chi connectivity index (χ4v) is 5.77. The Morgan fingerprint density at radius 2 is 1.80 bits per heavy atom. The van der Waals surface area contributed by atoms with Crippen molar-refractivity contribution in [1.82, 2.24) is 15.5 Å². The second-order valence-electron chi connectivity index (χ2n) is 8.99. The van der Waals surface area contributed by atoms with Gasteiger partial charge in [0.05, 0.1) is 11.8 Å². The smallest absolute Gasteiger partial charge is 0.233 e. The summed E-state index contributed by atoms with van der Waals surface area (Å²) in [5.74, 6) is 1.20.